The number of aryl methyl sites for hydroxylation is 1. The predicted octanol–water partition coefficient (Wildman–Crippen LogP) is 2.13. The smallest absolute Gasteiger partial charge is 0.167 e. The maximum absolute atomic E-state index is 9.58. The molecule has 0 bridgehead atoms. The van der Waals surface area contributed by atoms with E-state index in [1.807, 2.05) is 26.1 Å². The molecule has 2 aromatic rings. The minimum Gasteiger partial charge on any atom is -0.507 e. The highest BCUT2D eigenvalue weighted by atomic mass is 79.9. The third-order valence-corrected chi connectivity index (χ3v) is 3.58. The van der Waals surface area contributed by atoms with Gasteiger partial charge in [-0.1, -0.05) is 12.1 Å². The van der Waals surface area contributed by atoms with Crippen molar-refractivity contribution in [3.8, 4) is 5.75 Å². The molecule has 0 saturated carbocycles. The van der Waals surface area contributed by atoms with Gasteiger partial charge in [0.25, 0.3) is 0 Å². The van der Waals surface area contributed by atoms with E-state index in [0.29, 0.717) is 6.54 Å². The van der Waals surface area contributed by atoms with Crippen molar-refractivity contribution in [1.29, 1.82) is 0 Å². The van der Waals surface area contributed by atoms with Crippen molar-refractivity contribution in [3.05, 3.63) is 40.4 Å². The number of aromatic nitrogens is 3. The highest BCUT2D eigenvalue weighted by molar-refractivity contribution is 9.10. The van der Waals surface area contributed by atoms with Crippen LogP contribution in [-0.2, 0) is 13.6 Å². The Balaban J connectivity index is 2.01. The summed E-state index contributed by atoms with van der Waals surface area (Å²) in [5.41, 5.74) is 0.998. The number of hydrogen-bond donors (Lipinski definition) is 2. The summed E-state index contributed by atoms with van der Waals surface area (Å²) in [5.74, 6) is 1.01. The Morgan fingerprint density at radius 2 is 2.28 bits per heavy atom. The molecule has 0 radical (unpaired) electrons. The highest BCUT2D eigenvalue weighted by Crippen LogP contribution is 2.27. The zero-order valence-corrected chi connectivity index (χ0v) is 11.8. The van der Waals surface area contributed by atoms with Crippen LogP contribution in [0.15, 0.2) is 29.0 Å². The number of nitrogens with one attached hydrogen (secondary N) is 1. The molecule has 0 aliphatic heterocycles. The minimum atomic E-state index is 0.0560. The molecule has 6 heteroatoms. The van der Waals surface area contributed by atoms with Gasteiger partial charge >= 0.3 is 0 Å². The Bertz CT molecular complexity index is 541. The Morgan fingerprint density at radius 3 is 2.94 bits per heavy atom. The minimum absolute atomic E-state index is 0.0560. The first-order chi connectivity index (χ1) is 8.58. The SMILES string of the molecule is CC(NCc1cccc(O)c1Br)c1ncn(C)n1. The van der Waals surface area contributed by atoms with Crippen LogP contribution in [0.5, 0.6) is 5.75 Å². The normalized spacial score (nSPS) is 12.6. The van der Waals surface area contributed by atoms with Gasteiger partial charge in [-0.05, 0) is 34.5 Å². The second-order valence-electron chi connectivity index (χ2n) is 4.13. The lowest BCUT2D eigenvalue weighted by Gasteiger charge is -2.12. The standard InChI is InChI=1S/C12H15BrN4O/c1-8(12-15-7-17(2)16-12)14-6-9-4-3-5-10(18)11(9)13/h3-5,7-8,14,18H,6H2,1-2H3. The van der Waals surface area contributed by atoms with E-state index in [0.717, 1.165) is 15.9 Å². The van der Waals surface area contributed by atoms with Gasteiger partial charge < -0.3 is 10.4 Å². The molecule has 96 valence electrons. The van der Waals surface area contributed by atoms with Crippen molar-refractivity contribution in [2.45, 2.75) is 19.5 Å². The number of benzene rings is 1. The Kier molecular flexibility index (Phi) is 3.98. The van der Waals surface area contributed by atoms with E-state index in [9.17, 15) is 5.11 Å². The number of phenolic OH excluding ortho intramolecular Hbond substituents is 1. The van der Waals surface area contributed by atoms with E-state index in [4.69, 9.17) is 0 Å². The van der Waals surface area contributed by atoms with Crippen molar-refractivity contribution in [2.24, 2.45) is 7.05 Å². The first kappa shape index (κ1) is 13.0. The second kappa shape index (κ2) is 5.49. The molecule has 0 spiro atoms. The fraction of sp³-hybridized carbons (Fsp3) is 0.333. The zero-order chi connectivity index (χ0) is 13.1. The van der Waals surface area contributed by atoms with Gasteiger partial charge in [0.2, 0.25) is 0 Å². The Morgan fingerprint density at radius 1 is 1.50 bits per heavy atom. The lowest BCUT2D eigenvalue weighted by atomic mass is 10.2. The number of rotatable bonds is 4. The molecule has 1 aromatic heterocycles. The van der Waals surface area contributed by atoms with Gasteiger partial charge in [-0.25, -0.2) is 4.98 Å². The molecule has 1 heterocycles. The summed E-state index contributed by atoms with van der Waals surface area (Å²) >= 11 is 3.37. The Hall–Kier alpha value is -1.40. The fourth-order valence-corrected chi connectivity index (χ4v) is 2.02. The van der Waals surface area contributed by atoms with Gasteiger partial charge in [0.1, 0.15) is 12.1 Å². The molecule has 1 atom stereocenters. The van der Waals surface area contributed by atoms with E-state index >= 15 is 0 Å². The first-order valence-corrected chi connectivity index (χ1v) is 6.42. The third kappa shape index (κ3) is 2.88. The number of halogens is 1. The van der Waals surface area contributed by atoms with Gasteiger partial charge in [-0.3, -0.25) is 4.68 Å². The summed E-state index contributed by atoms with van der Waals surface area (Å²) < 4.78 is 2.40. The maximum atomic E-state index is 9.58. The van der Waals surface area contributed by atoms with E-state index in [1.54, 1.807) is 17.1 Å². The van der Waals surface area contributed by atoms with Crippen LogP contribution in [0, 0.1) is 0 Å². The van der Waals surface area contributed by atoms with Crippen molar-refractivity contribution in [3.63, 3.8) is 0 Å². The van der Waals surface area contributed by atoms with Gasteiger partial charge in [0.15, 0.2) is 5.82 Å². The summed E-state index contributed by atoms with van der Waals surface area (Å²) in [7, 11) is 1.84. The monoisotopic (exact) mass is 310 g/mol. The molecule has 2 rings (SSSR count). The maximum Gasteiger partial charge on any atom is 0.167 e. The van der Waals surface area contributed by atoms with Crippen LogP contribution in [0.1, 0.15) is 24.4 Å². The molecule has 0 saturated heterocycles. The molecule has 1 aromatic carbocycles. The molecular weight excluding hydrogens is 296 g/mol. The van der Waals surface area contributed by atoms with Crippen LogP contribution < -0.4 is 5.32 Å². The highest BCUT2D eigenvalue weighted by Gasteiger charge is 2.11. The van der Waals surface area contributed by atoms with Crippen molar-refractivity contribution in [2.75, 3.05) is 0 Å². The van der Waals surface area contributed by atoms with Crippen molar-refractivity contribution >= 4 is 15.9 Å². The molecular formula is C12H15BrN4O. The van der Waals surface area contributed by atoms with Crippen LogP contribution in [0.4, 0.5) is 0 Å². The van der Waals surface area contributed by atoms with Crippen LogP contribution in [0.2, 0.25) is 0 Å². The van der Waals surface area contributed by atoms with E-state index in [-0.39, 0.29) is 11.8 Å². The Labute approximate surface area is 114 Å². The third-order valence-electron chi connectivity index (χ3n) is 2.66. The second-order valence-corrected chi connectivity index (χ2v) is 4.92. The van der Waals surface area contributed by atoms with Gasteiger partial charge in [-0.2, -0.15) is 5.10 Å². The molecule has 0 aliphatic rings. The molecule has 5 nitrogen and oxygen atoms in total. The van der Waals surface area contributed by atoms with Gasteiger partial charge in [0, 0.05) is 13.6 Å². The number of nitrogens with zero attached hydrogens (tertiary/aromatic N) is 3. The van der Waals surface area contributed by atoms with Crippen LogP contribution in [-0.4, -0.2) is 19.9 Å². The van der Waals surface area contributed by atoms with E-state index in [1.165, 1.54) is 0 Å². The summed E-state index contributed by atoms with van der Waals surface area (Å²) in [4.78, 5) is 4.20. The number of hydrogen-bond acceptors (Lipinski definition) is 4. The van der Waals surface area contributed by atoms with Crippen molar-refractivity contribution < 1.29 is 5.11 Å². The largest absolute Gasteiger partial charge is 0.507 e. The summed E-state index contributed by atoms with van der Waals surface area (Å²) in [6, 6.07) is 5.48. The average Bonchev–Trinajstić information content (AvgIpc) is 2.77. The fourth-order valence-electron chi connectivity index (χ4n) is 1.61. The van der Waals surface area contributed by atoms with Gasteiger partial charge in [0.05, 0.1) is 10.5 Å². The van der Waals surface area contributed by atoms with Crippen LogP contribution >= 0.6 is 15.9 Å². The molecule has 1 unspecified atom stereocenters. The van der Waals surface area contributed by atoms with Crippen LogP contribution in [0.3, 0.4) is 0 Å². The number of aromatic hydroxyl groups is 1. The van der Waals surface area contributed by atoms with E-state index < -0.39 is 0 Å². The summed E-state index contributed by atoms with van der Waals surface area (Å²) in [5, 5.41) is 17.1. The topological polar surface area (TPSA) is 63.0 Å². The summed E-state index contributed by atoms with van der Waals surface area (Å²) in [6.07, 6.45) is 1.68. The summed E-state index contributed by atoms with van der Waals surface area (Å²) in [6.45, 7) is 2.64. The molecule has 0 aliphatic carbocycles. The quantitative estimate of drug-likeness (QED) is 0.908. The first-order valence-electron chi connectivity index (χ1n) is 5.63. The average molecular weight is 311 g/mol. The molecule has 0 fully saturated rings. The number of phenols is 1. The predicted molar refractivity (Wildman–Crippen MR) is 72.1 cm³/mol. The van der Waals surface area contributed by atoms with Gasteiger partial charge in [-0.15, -0.1) is 0 Å². The van der Waals surface area contributed by atoms with Crippen LogP contribution in [0.25, 0.3) is 0 Å². The zero-order valence-electron chi connectivity index (χ0n) is 10.3. The molecule has 2 N–H and O–H groups in total. The lowest BCUT2D eigenvalue weighted by molar-refractivity contribution is 0.469. The lowest BCUT2D eigenvalue weighted by Crippen LogP contribution is -2.19. The molecule has 0 amide bonds. The van der Waals surface area contributed by atoms with Crippen molar-refractivity contribution in [1.82, 2.24) is 20.1 Å². The van der Waals surface area contributed by atoms with E-state index in [2.05, 4.69) is 31.3 Å². The molecule has 18 heavy (non-hydrogen) atoms.